The fraction of sp³-hybridized carbons (Fsp3) is 0.400. The number of aryl methyl sites for hydroxylation is 1. The zero-order valence-electron chi connectivity index (χ0n) is 7.68. The lowest BCUT2D eigenvalue weighted by Gasteiger charge is -2.36. The fourth-order valence-electron chi connectivity index (χ4n) is 1.46. The summed E-state index contributed by atoms with van der Waals surface area (Å²) < 4.78 is 31.3. The largest absolute Gasteiger partial charge is 0.380 e. The second-order valence-electron chi connectivity index (χ2n) is 3.58. The van der Waals surface area contributed by atoms with Crippen LogP contribution in [0.3, 0.4) is 0 Å². The maximum absolute atomic E-state index is 13.4. The van der Waals surface area contributed by atoms with E-state index < -0.39 is 17.2 Å². The molecule has 0 atom stereocenters. The molecule has 0 amide bonds. The highest BCUT2D eigenvalue weighted by Crippen LogP contribution is 2.32. The molecular weight excluding hydrogens is 190 g/mol. The van der Waals surface area contributed by atoms with Crippen molar-refractivity contribution in [1.82, 2.24) is 0 Å². The lowest BCUT2D eigenvalue weighted by molar-refractivity contribution is -0.186. The Morgan fingerprint density at radius 3 is 2.43 bits per heavy atom. The van der Waals surface area contributed by atoms with Gasteiger partial charge in [-0.2, -0.15) is 0 Å². The van der Waals surface area contributed by atoms with Gasteiger partial charge in [-0.25, -0.2) is 8.78 Å². The Bertz CT molecular complexity index is 373. The fourth-order valence-corrected chi connectivity index (χ4v) is 1.46. The molecular formula is C10H10F2O2. The molecule has 1 aromatic rings. The van der Waals surface area contributed by atoms with Gasteiger partial charge in [0.05, 0.1) is 13.2 Å². The van der Waals surface area contributed by atoms with Gasteiger partial charge in [0, 0.05) is 5.56 Å². The van der Waals surface area contributed by atoms with E-state index in [1.54, 1.807) is 0 Å². The van der Waals surface area contributed by atoms with E-state index in [1.807, 2.05) is 0 Å². The molecule has 4 heteroatoms. The van der Waals surface area contributed by atoms with Gasteiger partial charge in [-0.05, 0) is 12.5 Å². The van der Waals surface area contributed by atoms with Gasteiger partial charge in [0.1, 0.15) is 5.60 Å². The summed E-state index contributed by atoms with van der Waals surface area (Å²) in [4.78, 5) is 0. The molecule has 0 saturated carbocycles. The molecule has 14 heavy (non-hydrogen) atoms. The maximum atomic E-state index is 13.4. The summed E-state index contributed by atoms with van der Waals surface area (Å²) in [6.45, 7) is 1.52. The summed E-state index contributed by atoms with van der Waals surface area (Å²) in [5.74, 6) is -1.88. The molecule has 0 aliphatic carbocycles. The number of hydrogen-bond acceptors (Lipinski definition) is 2. The van der Waals surface area contributed by atoms with E-state index >= 15 is 0 Å². The highest BCUT2D eigenvalue weighted by molar-refractivity contribution is 5.31. The zero-order chi connectivity index (χ0) is 10.3. The first-order valence-corrected chi connectivity index (χ1v) is 4.30. The third-order valence-electron chi connectivity index (χ3n) is 2.46. The van der Waals surface area contributed by atoms with Crippen molar-refractivity contribution in [3.8, 4) is 0 Å². The van der Waals surface area contributed by atoms with Gasteiger partial charge >= 0.3 is 0 Å². The van der Waals surface area contributed by atoms with Gasteiger partial charge in [-0.3, -0.25) is 0 Å². The molecule has 76 valence electrons. The van der Waals surface area contributed by atoms with Crippen LogP contribution in [0.1, 0.15) is 11.1 Å². The van der Waals surface area contributed by atoms with Crippen LogP contribution in [0.5, 0.6) is 0 Å². The van der Waals surface area contributed by atoms with Crippen molar-refractivity contribution in [2.45, 2.75) is 12.5 Å². The lowest BCUT2D eigenvalue weighted by atomic mass is 9.91. The minimum Gasteiger partial charge on any atom is -0.380 e. The topological polar surface area (TPSA) is 29.5 Å². The Kier molecular flexibility index (Phi) is 2.05. The van der Waals surface area contributed by atoms with Crippen LogP contribution in [-0.2, 0) is 10.3 Å². The molecule has 1 fully saturated rings. The van der Waals surface area contributed by atoms with Crippen molar-refractivity contribution in [2.24, 2.45) is 0 Å². The third kappa shape index (κ3) is 1.22. The Morgan fingerprint density at radius 1 is 1.29 bits per heavy atom. The van der Waals surface area contributed by atoms with Gasteiger partial charge in [-0.15, -0.1) is 0 Å². The van der Waals surface area contributed by atoms with Crippen LogP contribution >= 0.6 is 0 Å². The highest BCUT2D eigenvalue weighted by Gasteiger charge is 2.40. The predicted molar refractivity (Wildman–Crippen MR) is 45.8 cm³/mol. The number of aliphatic hydroxyl groups is 1. The van der Waals surface area contributed by atoms with Crippen molar-refractivity contribution in [3.63, 3.8) is 0 Å². The number of benzene rings is 1. The normalized spacial score (nSPS) is 19.1. The lowest BCUT2D eigenvalue weighted by Crippen LogP contribution is -2.47. The first-order chi connectivity index (χ1) is 6.54. The quantitative estimate of drug-likeness (QED) is 0.744. The number of halogens is 2. The standard InChI is InChI=1S/C10H10F2O2/c1-6-2-3-7(9(12)8(6)11)10(13)4-14-5-10/h2-3,13H,4-5H2,1H3. The average Bonchev–Trinajstić information content (AvgIpc) is 2.11. The van der Waals surface area contributed by atoms with E-state index in [2.05, 4.69) is 0 Å². The molecule has 2 rings (SSSR count). The van der Waals surface area contributed by atoms with E-state index in [0.29, 0.717) is 0 Å². The summed E-state index contributed by atoms with van der Waals surface area (Å²) in [6, 6.07) is 2.85. The van der Waals surface area contributed by atoms with Gasteiger partial charge < -0.3 is 9.84 Å². The molecule has 1 aliphatic rings. The maximum Gasteiger partial charge on any atom is 0.165 e. The van der Waals surface area contributed by atoms with E-state index in [0.717, 1.165) is 0 Å². The monoisotopic (exact) mass is 200 g/mol. The molecule has 0 radical (unpaired) electrons. The first kappa shape index (κ1) is 9.55. The van der Waals surface area contributed by atoms with E-state index in [9.17, 15) is 13.9 Å². The molecule has 0 bridgehead atoms. The third-order valence-corrected chi connectivity index (χ3v) is 2.46. The molecule has 1 aliphatic heterocycles. The van der Waals surface area contributed by atoms with Gasteiger partial charge in [-0.1, -0.05) is 12.1 Å². The van der Waals surface area contributed by atoms with Crippen LogP contribution in [0.4, 0.5) is 8.78 Å². The van der Waals surface area contributed by atoms with Crippen LogP contribution in [-0.4, -0.2) is 18.3 Å². The summed E-state index contributed by atoms with van der Waals surface area (Å²) >= 11 is 0. The number of rotatable bonds is 1. The summed E-state index contributed by atoms with van der Waals surface area (Å²) in [5.41, 5.74) is -1.14. The minimum atomic E-state index is -1.35. The highest BCUT2D eigenvalue weighted by atomic mass is 19.2. The molecule has 1 N–H and O–H groups in total. The van der Waals surface area contributed by atoms with Crippen LogP contribution in [0, 0.1) is 18.6 Å². The predicted octanol–water partition coefficient (Wildman–Crippen LogP) is 1.49. The Morgan fingerprint density at radius 2 is 1.93 bits per heavy atom. The smallest absolute Gasteiger partial charge is 0.165 e. The van der Waals surface area contributed by atoms with Crippen LogP contribution in [0.25, 0.3) is 0 Å². The average molecular weight is 200 g/mol. The molecule has 1 aromatic carbocycles. The number of hydrogen-bond donors (Lipinski definition) is 1. The SMILES string of the molecule is Cc1ccc(C2(O)COC2)c(F)c1F. The van der Waals surface area contributed by atoms with Crippen LogP contribution < -0.4 is 0 Å². The van der Waals surface area contributed by atoms with Crippen LogP contribution in [0.2, 0.25) is 0 Å². The Labute approximate surface area is 80.1 Å². The van der Waals surface area contributed by atoms with Crippen molar-refractivity contribution < 1.29 is 18.6 Å². The van der Waals surface area contributed by atoms with Crippen LogP contribution in [0.15, 0.2) is 12.1 Å². The van der Waals surface area contributed by atoms with Crippen molar-refractivity contribution in [1.29, 1.82) is 0 Å². The zero-order valence-corrected chi connectivity index (χ0v) is 7.68. The molecule has 1 heterocycles. The Balaban J connectivity index is 2.49. The van der Waals surface area contributed by atoms with Crippen molar-refractivity contribution >= 4 is 0 Å². The van der Waals surface area contributed by atoms with Gasteiger partial charge in [0.15, 0.2) is 11.6 Å². The second kappa shape index (κ2) is 3.00. The Hall–Kier alpha value is -1.00. The van der Waals surface area contributed by atoms with Crippen molar-refractivity contribution in [2.75, 3.05) is 13.2 Å². The van der Waals surface area contributed by atoms with E-state index in [-0.39, 0.29) is 24.3 Å². The molecule has 0 spiro atoms. The second-order valence-corrected chi connectivity index (χ2v) is 3.58. The first-order valence-electron chi connectivity index (χ1n) is 4.30. The molecule has 0 unspecified atom stereocenters. The molecule has 1 saturated heterocycles. The molecule has 0 aromatic heterocycles. The van der Waals surface area contributed by atoms with Crippen molar-refractivity contribution in [3.05, 3.63) is 34.9 Å². The summed E-state index contributed by atoms with van der Waals surface area (Å²) in [6.07, 6.45) is 0. The van der Waals surface area contributed by atoms with E-state index in [1.165, 1.54) is 19.1 Å². The van der Waals surface area contributed by atoms with Gasteiger partial charge in [0.25, 0.3) is 0 Å². The minimum absolute atomic E-state index is 0.0203. The summed E-state index contributed by atoms with van der Waals surface area (Å²) in [7, 11) is 0. The molecule has 2 nitrogen and oxygen atoms in total. The summed E-state index contributed by atoms with van der Waals surface area (Å²) in [5, 5.41) is 9.75. The van der Waals surface area contributed by atoms with Gasteiger partial charge in [0.2, 0.25) is 0 Å². The number of ether oxygens (including phenoxy) is 1. The van der Waals surface area contributed by atoms with E-state index in [4.69, 9.17) is 4.74 Å².